The minimum absolute atomic E-state index is 0.0156. The molecule has 1 rings (SSSR count). The number of hydrogen-bond acceptors (Lipinski definition) is 3. The summed E-state index contributed by atoms with van der Waals surface area (Å²) in [6.07, 6.45) is 0.297. The Balaban J connectivity index is 2.49. The molecule has 0 unspecified atom stereocenters. The highest BCUT2D eigenvalue weighted by Gasteiger charge is 2.05. The first kappa shape index (κ1) is 12.0. The minimum atomic E-state index is -0.152. The Labute approximate surface area is 94.0 Å². The molecule has 0 radical (unpaired) electrons. The summed E-state index contributed by atoms with van der Waals surface area (Å²) in [7, 11) is 0. The Kier molecular flexibility index (Phi) is 4.32. The van der Waals surface area contributed by atoms with Gasteiger partial charge in [0.2, 0.25) is 5.91 Å². The third-order valence-corrected chi connectivity index (χ3v) is 2.21. The monoisotopic (exact) mass is 221 g/mol. The van der Waals surface area contributed by atoms with Crippen molar-refractivity contribution in [3.63, 3.8) is 0 Å². The molecule has 1 aromatic rings. The number of carbonyl (C=O) groups excluding carboxylic acids is 1. The molecular weight excluding hydrogens is 206 g/mol. The van der Waals surface area contributed by atoms with E-state index in [0.717, 1.165) is 11.1 Å². The third kappa shape index (κ3) is 3.61. The average molecular weight is 221 g/mol. The van der Waals surface area contributed by atoms with E-state index in [0.29, 0.717) is 6.42 Å². The van der Waals surface area contributed by atoms with Crippen LogP contribution in [-0.2, 0) is 11.2 Å². The molecule has 5 heteroatoms. The van der Waals surface area contributed by atoms with E-state index in [2.05, 4.69) is 10.5 Å². The van der Waals surface area contributed by atoms with Gasteiger partial charge in [0.05, 0.1) is 13.0 Å². The lowest BCUT2D eigenvalue weighted by molar-refractivity contribution is -0.120. The summed E-state index contributed by atoms with van der Waals surface area (Å²) in [5.41, 5.74) is 7.27. The van der Waals surface area contributed by atoms with Crippen LogP contribution in [0.15, 0.2) is 29.4 Å². The first-order chi connectivity index (χ1) is 7.63. The van der Waals surface area contributed by atoms with Crippen molar-refractivity contribution in [3.05, 3.63) is 35.4 Å². The van der Waals surface area contributed by atoms with Crippen molar-refractivity contribution in [2.75, 3.05) is 6.54 Å². The maximum atomic E-state index is 11.5. The molecule has 0 atom stereocenters. The van der Waals surface area contributed by atoms with E-state index < -0.39 is 0 Å². The summed E-state index contributed by atoms with van der Waals surface area (Å²) in [6.45, 7) is 2.01. The van der Waals surface area contributed by atoms with Crippen LogP contribution in [0.5, 0.6) is 0 Å². The van der Waals surface area contributed by atoms with Crippen LogP contribution in [0.4, 0.5) is 0 Å². The van der Waals surface area contributed by atoms with Gasteiger partial charge in [0.1, 0.15) is 0 Å². The SMILES string of the molecule is Cc1ccccc1CC(=O)NC/C(N)=N/O. The number of amides is 1. The van der Waals surface area contributed by atoms with Gasteiger partial charge in [-0.2, -0.15) is 0 Å². The number of hydrogen-bond donors (Lipinski definition) is 3. The van der Waals surface area contributed by atoms with Crippen LogP contribution in [0.1, 0.15) is 11.1 Å². The number of rotatable bonds is 4. The Hall–Kier alpha value is -2.04. The molecule has 0 aliphatic rings. The van der Waals surface area contributed by atoms with E-state index >= 15 is 0 Å². The fourth-order valence-corrected chi connectivity index (χ4v) is 1.27. The number of benzene rings is 1. The molecule has 0 bridgehead atoms. The predicted molar refractivity (Wildman–Crippen MR) is 61.3 cm³/mol. The van der Waals surface area contributed by atoms with E-state index in [1.54, 1.807) is 0 Å². The van der Waals surface area contributed by atoms with Crippen LogP contribution in [-0.4, -0.2) is 23.5 Å². The molecule has 0 aromatic heterocycles. The summed E-state index contributed by atoms with van der Waals surface area (Å²) in [6, 6.07) is 7.66. The summed E-state index contributed by atoms with van der Waals surface area (Å²) in [5, 5.41) is 13.6. The molecule has 0 saturated carbocycles. The average Bonchev–Trinajstić information content (AvgIpc) is 2.29. The zero-order valence-corrected chi connectivity index (χ0v) is 9.10. The molecule has 86 valence electrons. The maximum Gasteiger partial charge on any atom is 0.224 e. The summed E-state index contributed by atoms with van der Waals surface area (Å²) in [5.74, 6) is -0.168. The molecule has 0 fully saturated rings. The zero-order chi connectivity index (χ0) is 12.0. The number of aryl methyl sites for hydroxylation is 1. The Morgan fingerprint density at radius 2 is 2.19 bits per heavy atom. The van der Waals surface area contributed by atoms with Gasteiger partial charge in [-0.25, -0.2) is 0 Å². The standard InChI is InChI=1S/C11H15N3O2/c1-8-4-2-3-5-9(8)6-11(15)13-7-10(12)14-16/h2-5,16H,6-7H2,1H3,(H2,12,14)(H,13,15). The molecule has 1 amide bonds. The highest BCUT2D eigenvalue weighted by atomic mass is 16.4. The second-order valence-corrected chi connectivity index (χ2v) is 3.47. The van der Waals surface area contributed by atoms with E-state index in [9.17, 15) is 4.79 Å². The van der Waals surface area contributed by atoms with Crippen molar-refractivity contribution >= 4 is 11.7 Å². The number of oxime groups is 1. The maximum absolute atomic E-state index is 11.5. The summed E-state index contributed by atoms with van der Waals surface area (Å²) < 4.78 is 0. The molecule has 0 spiro atoms. The van der Waals surface area contributed by atoms with E-state index in [1.165, 1.54) is 0 Å². The molecule has 5 nitrogen and oxygen atoms in total. The van der Waals surface area contributed by atoms with Gasteiger partial charge in [-0.05, 0) is 18.1 Å². The van der Waals surface area contributed by atoms with Crippen molar-refractivity contribution in [1.82, 2.24) is 5.32 Å². The fourth-order valence-electron chi connectivity index (χ4n) is 1.27. The van der Waals surface area contributed by atoms with Crippen LogP contribution in [0, 0.1) is 6.92 Å². The van der Waals surface area contributed by atoms with Crippen molar-refractivity contribution < 1.29 is 10.0 Å². The van der Waals surface area contributed by atoms with Gasteiger partial charge in [-0.3, -0.25) is 4.79 Å². The predicted octanol–water partition coefficient (Wildman–Crippen LogP) is 0.400. The molecular formula is C11H15N3O2. The normalized spacial score (nSPS) is 11.2. The molecule has 4 N–H and O–H groups in total. The highest BCUT2D eigenvalue weighted by molar-refractivity contribution is 5.87. The van der Waals surface area contributed by atoms with Crippen LogP contribution in [0.25, 0.3) is 0 Å². The second kappa shape index (κ2) is 5.75. The summed E-state index contributed by atoms with van der Waals surface area (Å²) >= 11 is 0. The van der Waals surface area contributed by atoms with Crippen LogP contribution in [0.3, 0.4) is 0 Å². The smallest absolute Gasteiger partial charge is 0.224 e. The van der Waals surface area contributed by atoms with E-state index in [-0.39, 0.29) is 18.3 Å². The van der Waals surface area contributed by atoms with Crippen molar-refractivity contribution in [3.8, 4) is 0 Å². The first-order valence-electron chi connectivity index (χ1n) is 4.91. The van der Waals surface area contributed by atoms with Gasteiger partial charge >= 0.3 is 0 Å². The zero-order valence-electron chi connectivity index (χ0n) is 9.10. The van der Waals surface area contributed by atoms with Crippen LogP contribution in [0.2, 0.25) is 0 Å². The number of nitrogens with one attached hydrogen (secondary N) is 1. The molecule has 0 heterocycles. The van der Waals surface area contributed by atoms with Gasteiger partial charge in [0.25, 0.3) is 0 Å². The van der Waals surface area contributed by atoms with E-state index in [4.69, 9.17) is 10.9 Å². The van der Waals surface area contributed by atoms with Crippen molar-refractivity contribution in [2.24, 2.45) is 10.9 Å². The lowest BCUT2D eigenvalue weighted by Gasteiger charge is -2.06. The third-order valence-electron chi connectivity index (χ3n) is 2.21. The van der Waals surface area contributed by atoms with Crippen molar-refractivity contribution in [2.45, 2.75) is 13.3 Å². The van der Waals surface area contributed by atoms with Crippen LogP contribution >= 0.6 is 0 Å². The Morgan fingerprint density at radius 3 is 2.81 bits per heavy atom. The number of nitrogens with zero attached hydrogens (tertiary/aromatic N) is 1. The van der Waals surface area contributed by atoms with Gasteiger partial charge < -0.3 is 16.3 Å². The fraction of sp³-hybridized carbons (Fsp3) is 0.273. The molecule has 0 aliphatic heterocycles. The summed E-state index contributed by atoms with van der Waals surface area (Å²) in [4.78, 5) is 11.5. The molecule has 0 saturated heterocycles. The topological polar surface area (TPSA) is 87.7 Å². The van der Waals surface area contributed by atoms with Gasteiger partial charge in [-0.15, -0.1) is 0 Å². The lowest BCUT2D eigenvalue weighted by atomic mass is 10.1. The molecule has 0 aliphatic carbocycles. The minimum Gasteiger partial charge on any atom is -0.409 e. The largest absolute Gasteiger partial charge is 0.409 e. The van der Waals surface area contributed by atoms with Gasteiger partial charge in [0.15, 0.2) is 5.84 Å². The second-order valence-electron chi connectivity index (χ2n) is 3.47. The lowest BCUT2D eigenvalue weighted by Crippen LogP contribution is -2.34. The first-order valence-corrected chi connectivity index (χ1v) is 4.91. The highest BCUT2D eigenvalue weighted by Crippen LogP contribution is 2.07. The number of carbonyl (C=O) groups is 1. The number of nitrogens with two attached hydrogens (primary N) is 1. The Morgan fingerprint density at radius 1 is 1.50 bits per heavy atom. The van der Waals surface area contributed by atoms with Crippen LogP contribution < -0.4 is 11.1 Å². The van der Waals surface area contributed by atoms with E-state index in [1.807, 2.05) is 31.2 Å². The number of amidine groups is 1. The van der Waals surface area contributed by atoms with Gasteiger partial charge in [-0.1, -0.05) is 29.4 Å². The quantitative estimate of drug-likeness (QED) is 0.297. The van der Waals surface area contributed by atoms with Crippen molar-refractivity contribution in [1.29, 1.82) is 0 Å². The van der Waals surface area contributed by atoms with Gasteiger partial charge in [0, 0.05) is 0 Å². The molecule has 16 heavy (non-hydrogen) atoms. The molecule has 1 aromatic carbocycles. The Bertz CT molecular complexity index is 402.